The number of aliphatic hydroxyl groups is 1. The van der Waals surface area contributed by atoms with Crippen LogP contribution < -0.4 is 9.47 Å². The van der Waals surface area contributed by atoms with Gasteiger partial charge in [-0.1, -0.05) is 27.7 Å². The molecule has 1 unspecified atom stereocenters. The quantitative estimate of drug-likeness (QED) is 0.912. The van der Waals surface area contributed by atoms with Gasteiger partial charge in [0.05, 0.1) is 20.3 Å². The van der Waals surface area contributed by atoms with Crippen LogP contribution in [0.3, 0.4) is 0 Å². The van der Waals surface area contributed by atoms with Crippen molar-refractivity contribution in [3.63, 3.8) is 0 Å². The molecule has 1 aromatic rings. The number of benzene rings is 1. The van der Waals surface area contributed by atoms with E-state index in [2.05, 4.69) is 27.7 Å². The van der Waals surface area contributed by atoms with Crippen molar-refractivity contribution in [1.82, 2.24) is 0 Å². The number of ether oxygens (including phenoxy) is 2. The highest BCUT2D eigenvalue weighted by Crippen LogP contribution is 2.72. The molecule has 0 heterocycles. The molecule has 0 spiro atoms. The van der Waals surface area contributed by atoms with Crippen molar-refractivity contribution in [1.29, 1.82) is 0 Å². The molecule has 3 nitrogen and oxygen atoms in total. The fourth-order valence-electron chi connectivity index (χ4n) is 3.53. The molecule has 1 fully saturated rings. The minimum atomic E-state index is -0.472. The molecule has 0 aliphatic heterocycles. The Labute approximate surface area is 121 Å². The van der Waals surface area contributed by atoms with E-state index in [0.717, 1.165) is 11.1 Å². The van der Waals surface area contributed by atoms with Gasteiger partial charge in [-0.2, -0.15) is 0 Å². The van der Waals surface area contributed by atoms with Crippen LogP contribution in [0, 0.1) is 23.7 Å². The van der Waals surface area contributed by atoms with E-state index in [4.69, 9.17) is 9.47 Å². The maximum atomic E-state index is 10.8. The van der Waals surface area contributed by atoms with Gasteiger partial charge in [-0.25, -0.2) is 0 Å². The third kappa shape index (κ3) is 1.99. The summed E-state index contributed by atoms with van der Waals surface area (Å²) in [6.07, 6.45) is -0.472. The topological polar surface area (TPSA) is 38.7 Å². The van der Waals surface area contributed by atoms with Crippen molar-refractivity contribution in [2.45, 2.75) is 40.7 Å². The normalized spacial score (nSPS) is 21.4. The Balaban J connectivity index is 2.39. The van der Waals surface area contributed by atoms with Crippen LogP contribution in [0.1, 0.15) is 44.9 Å². The van der Waals surface area contributed by atoms with Crippen LogP contribution >= 0.6 is 0 Å². The molecule has 0 radical (unpaired) electrons. The number of methoxy groups -OCH3 is 2. The molecule has 2 rings (SSSR count). The summed E-state index contributed by atoms with van der Waals surface area (Å²) in [7, 11) is 3.24. The predicted octanol–water partition coefficient (Wildman–Crippen LogP) is 3.73. The third-order valence-electron chi connectivity index (χ3n) is 5.54. The lowest BCUT2D eigenvalue weighted by Crippen LogP contribution is -2.08. The zero-order chi connectivity index (χ0) is 15.3. The van der Waals surface area contributed by atoms with E-state index in [1.165, 1.54) is 0 Å². The highest BCUT2D eigenvalue weighted by molar-refractivity contribution is 5.48. The summed E-state index contributed by atoms with van der Waals surface area (Å²) in [5.41, 5.74) is 2.26. The van der Waals surface area contributed by atoms with Crippen LogP contribution in [0.25, 0.3) is 0 Å². The van der Waals surface area contributed by atoms with Crippen molar-refractivity contribution in [3.8, 4) is 11.5 Å². The predicted molar refractivity (Wildman–Crippen MR) is 80.3 cm³/mol. The van der Waals surface area contributed by atoms with Crippen LogP contribution in [0.2, 0.25) is 0 Å². The standard InChI is InChI=1S/C17H26O3/c1-10-8-12(19-6)13(20-7)9-11(10)14(18)15-16(2,3)17(15,4)5/h8-9,14-15,18H,1-7H3. The van der Waals surface area contributed by atoms with Gasteiger partial charge in [0.1, 0.15) is 0 Å². The first-order valence-electron chi connectivity index (χ1n) is 7.09. The summed E-state index contributed by atoms with van der Waals surface area (Å²) in [4.78, 5) is 0. The van der Waals surface area contributed by atoms with Gasteiger partial charge < -0.3 is 14.6 Å². The van der Waals surface area contributed by atoms with Crippen molar-refractivity contribution < 1.29 is 14.6 Å². The number of aryl methyl sites for hydroxylation is 1. The van der Waals surface area contributed by atoms with E-state index in [-0.39, 0.29) is 16.7 Å². The molecule has 1 aromatic carbocycles. The Hall–Kier alpha value is -1.22. The largest absolute Gasteiger partial charge is 0.493 e. The Morgan fingerprint density at radius 2 is 1.45 bits per heavy atom. The molecule has 0 saturated heterocycles. The van der Waals surface area contributed by atoms with Crippen LogP contribution in [0.5, 0.6) is 11.5 Å². The van der Waals surface area contributed by atoms with Crippen LogP contribution in [0.15, 0.2) is 12.1 Å². The second kappa shape index (κ2) is 4.66. The van der Waals surface area contributed by atoms with E-state index in [1.54, 1.807) is 14.2 Å². The molecule has 1 N–H and O–H groups in total. The van der Waals surface area contributed by atoms with Gasteiger partial charge in [-0.3, -0.25) is 0 Å². The molecule has 112 valence electrons. The highest BCUT2D eigenvalue weighted by Gasteiger charge is 2.67. The van der Waals surface area contributed by atoms with Gasteiger partial charge in [0, 0.05) is 5.92 Å². The van der Waals surface area contributed by atoms with Crippen LogP contribution in [-0.2, 0) is 0 Å². The zero-order valence-electron chi connectivity index (χ0n) is 13.6. The third-order valence-corrected chi connectivity index (χ3v) is 5.54. The first-order chi connectivity index (χ1) is 9.18. The second-order valence-electron chi connectivity index (χ2n) is 6.93. The maximum absolute atomic E-state index is 10.8. The first-order valence-corrected chi connectivity index (χ1v) is 7.09. The molecule has 0 bridgehead atoms. The number of rotatable bonds is 4. The molecular weight excluding hydrogens is 252 g/mol. The summed E-state index contributed by atoms with van der Waals surface area (Å²) >= 11 is 0. The summed E-state index contributed by atoms with van der Waals surface area (Å²) in [5.74, 6) is 1.63. The Kier molecular flexibility index (Phi) is 3.53. The molecular formula is C17H26O3. The highest BCUT2D eigenvalue weighted by atomic mass is 16.5. The minimum Gasteiger partial charge on any atom is -0.493 e. The lowest BCUT2D eigenvalue weighted by Gasteiger charge is -2.18. The molecule has 3 heteroatoms. The molecule has 0 aromatic heterocycles. The van der Waals surface area contributed by atoms with Crippen molar-refractivity contribution in [2.75, 3.05) is 14.2 Å². The Bertz CT molecular complexity index is 503. The molecule has 0 amide bonds. The van der Waals surface area contributed by atoms with Crippen LogP contribution in [0.4, 0.5) is 0 Å². The Morgan fingerprint density at radius 3 is 1.85 bits per heavy atom. The summed E-state index contributed by atoms with van der Waals surface area (Å²) in [6, 6.07) is 3.84. The van der Waals surface area contributed by atoms with E-state index >= 15 is 0 Å². The minimum absolute atomic E-state index is 0.145. The van der Waals surface area contributed by atoms with Crippen molar-refractivity contribution >= 4 is 0 Å². The van der Waals surface area contributed by atoms with E-state index in [1.807, 2.05) is 19.1 Å². The van der Waals surface area contributed by atoms with Gasteiger partial charge in [0.15, 0.2) is 11.5 Å². The second-order valence-corrected chi connectivity index (χ2v) is 6.93. The monoisotopic (exact) mass is 278 g/mol. The molecule has 20 heavy (non-hydrogen) atoms. The van der Waals surface area contributed by atoms with Gasteiger partial charge in [0.25, 0.3) is 0 Å². The summed E-state index contributed by atoms with van der Waals surface area (Å²) < 4.78 is 10.7. The SMILES string of the molecule is COc1cc(C)c(C(O)C2C(C)(C)C2(C)C)cc1OC. The average Bonchev–Trinajstić information content (AvgIpc) is 2.78. The Morgan fingerprint density at radius 1 is 1.00 bits per heavy atom. The number of aliphatic hydroxyl groups excluding tert-OH is 1. The number of hydrogen-bond acceptors (Lipinski definition) is 3. The van der Waals surface area contributed by atoms with Crippen molar-refractivity contribution in [2.24, 2.45) is 16.7 Å². The number of hydrogen-bond donors (Lipinski definition) is 1. The fourth-order valence-corrected chi connectivity index (χ4v) is 3.53. The average molecular weight is 278 g/mol. The first kappa shape index (κ1) is 15.2. The molecule has 1 aliphatic carbocycles. The molecule has 1 saturated carbocycles. The van der Waals surface area contributed by atoms with E-state index in [0.29, 0.717) is 11.5 Å². The van der Waals surface area contributed by atoms with E-state index in [9.17, 15) is 5.11 Å². The van der Waals surface area contributed by atoms with Gasteiger partial charge in [-0.05, 0) is 41.0 Å². The van der Waals surface area contributed by atoms with E-state index < -0.39 is 6.10 Å². The molecule has 1 aliphatic rings. The van der Waals surface area contributed by atoms with Gasteiger partial charge >= 0.3 is 0 Å². The smallest absolute Gasteiger partial charge is 0.161 e. The fraction of sp³-hybridized carbons (Fsp3) is 0.647. The van der Waals surface area contributed by atoms with Crippen molar-refractivity contribution in [3.05, 3.63) is 23.3 Å². The zero-order valence-corrected chi connectivity index (χ0v) is 13.6. The lowest BCUT2D eigenvalue weighted by molar-refractivity contribution is 0.129. The summed E-state index contributed by atoms with van der Waals surface area (Å²) in [6.45, 7) is 10.9. The van der Waals surface area contributed by atoms with Gasteiger partial charge in [0.2, 0.25) is 0 Å². The van der Waals surface area contributed by atoms with Crippen LogP contribution in [-0.4, -0.2) is 19.3 Å². The summed E-state index contributed by atoms with van der Waals surface area (Å²) in [5, 5.41) is 10.8. The van der Waals surface area contributed by atoms with Gasteiger partial charge in [-0.15, -0.1) is 0 Å². The lowest BCUT2D eigenvalue weighted by atomic mass is 9.95. The maximum Gasteiger partial charge on any atom is 0.161 e. The molecule has 1 atom stereocenters.